The minimum absolute atomic E-state index is 0.0317. The molecule has 3 rings (SSSR count). The molecule has 2 fully saturated rings. The summed E-state index contributed by atoms with van der Waals surface area (Å²) in [5.74, 6) is 0.637. The fourth-order valence-electron chi connectivity index (χ4n) is 3.54. The fraction of sp³-hybridized carbons (Fsp3) is 0.750. The molecule has 1 aromatic rings. The van der Waals surface area contributed by atoms with Crippen molar-refractivity contribution in [1.82, 2.24) is 15.2 Å². The molecule has 0 saturated heterocycles. The number of carbonyl (C=O) groups excluding carboxylic acids is 1. The number of thioether (sulfide) groups is 1. The first-order valence-electron chi connectivity index (χ1n) is 6.02. The van der Waals surface area contributed by atoms with Crippen molar-refractivity contribution in [1.29, 1.82) is 0 Å². The Bertz CT molecular complexity index is 456. The number of aromatic nitrogens is 3. The maximum atomic E-state index is 12.4. The molecule has 2 saturated carbocycles. The molecule has 4 nitrogen and oxygen atoms in total. The summed E-state index contributed by atoms with van der Waals surface area (Å²) in [5, 5.41) is 7.47. The lowest BCUT2D eigenvalue weighted by atomic mass is 9.71. The van der Waals surface area contributed by atoms with Crippen LogP contribution < -0.4 is 0 Å². The average molecular weight is 251 g/mol. The van der Waals surface area contributed by atoms with Gasteiger partial charge in [0.15, 0.2) is 5.16 Å². The minimum Gasteiger partial charge on any atom is -0.298 e. The number of fused-ring (bicyclic) bond motifs is 2. The molecule has 2 aliphatic rings. The number of aromatic amines is 1. The summed E-state index contributed by atoms with van der Waals surface area (Å²) in [7, 11) is 0. The smallest absolute Gasteiger partial charge is 0.184 e. The van der Waals surface area contributed by atoms with Gasteiger partial charge in [0.25, 0.3) is 0 Å². The van der Waals surface area contributed by atoms with Gasteiger partial charge in [-0.15, -0.1) is 0 Å². The van der Waals surface area contributed by atoms with Gasteiger partial charge in [-0.25, -0.2) is 4.98 Å². The van der Waals surface area contributed by atoms with E-state index in [0.29, 0.717) is 5.78 Å². The number of nitrogens with one attached hydrogen (secondary N) is 1. The van der Waals surface area contributed by atoms with Gasteiger partial charge in [0.1, 0.15) is 12.1 Å². The molecule has 2 aliphatic carbocycles. The van der Waals surface area contributed by atoms with Crippen molar-refractivity contribution in [2.45, 2.75) is 44.0 Å². The van der Waals surface area contributed by atoms with Crippen LogP contribution >= 0.6 is 11.8 Å². The highest BCUT2D eigenvalue weighted by atomic mass is 32.2. The van der Waals surface area contributed by atoms with Gasteiger partial charge >= 0.3 is 0 Å². The SMILES string of the molecule is CC1(C)[C@H]2CC[C@@]1(C)[C@H](Sc1ncn[nH]1)C2=O. The van der Waals surface area contributed by atoms with Crippen LogP contribution in [0.15, 0.2) is 11.5 Å². The van der Waals surface area contributed by atoms with Crippen molar-refractivity contribution < 1.29 is 4.79 Å². The van der Waals surface area contributed by atoms with Gasteiger partial charge in [0.05, 0.1) is 5.25 Å². The lowest BCUT2D eigenvalue weighted by molar-refractivity contribution is -0.122. The molecule has 1 heterocycles. The van der Waals surface area contributed by atoms with Crippen molar-refractivity contribution in [3.05, 3.63) is 6.33 Å². The van der Waals surface area contributed by atoms with E-state index in [1.165, 1.54) is 6.33 Å². The Morgan fingerprint density at radius 3 is 2.76 bits per heavy atom. The zero-order chi connectivity index (χ0) is 12.3. The van der Waals surface area contributed by atoms with Crippen LogP contribution in [0.3, 0.4) is 0 Å². The fourth-order valence-corrected chi connectivity index (χ4v) is 4.94. The number of hydrogen-bond acceptors (Lipinski definition) is 4. The largest absolute Gasteiger partial charge is 0.298 e. The molecule has 0 spiro atoms. The molecule has 1 aromatic heterocycles. The minimum atomic E-state index is 0.0317. The van der Waals surface area contributed by atoms with Gasteiger partial charge in [-0.3, -0.25) is 9.89 Å². The summed E-state index contributed by atoms with van der Waals surface area (Å²) in [5.41, 5.74) is 0.202. The molecule has 0 amide bonds. The van der Waals surface area contributed by atoms with Crippen molar-refractivity contribution in [3.8, 4) is 0 Å². The monoisotopic (exact) mass is 251 g/mol. The Morgan fingerprint density at radius 1 is 1.47 bits per heavy atom. The molecular weight excluding hydrogens is 234 g/mol. The Kier molecular flexibility index (Phi) is 2.21. The maximum absolute atomic E-state index is 12.4. The van der Waals surface area contributed by atoms with E-state index in [0.717, 1.165) is 18.0 Å². The maximum Gasteiger partial charge on any atom is 0.184 e. The van der Waals surface area contributed by atoms with Crippen molar-refractivity contribution in [3.63, 3.8) is 0 Å². The highest BCUT2D eigenvalue weighted by molar-refractivity contribution is 8.00. The number of ketones is 1. The van der Waals surface area contributed by atoms with Crippen LogP contribution in [0.25, 0.3) is 0 Å². The van der Waals surface area contributed by atoms with Gasteiger partial charge < -0.3 is 0 Å². The van der Waals surface area contributed by atoms with Gasteiger partial charge in [-0.1, -0.05) is 32.5 Å². The standard InChI is InChI=1S/C12H17N3OS/c1-11(2)7-4-5-12(11,3)9(8(7)16)17-10-13-6-14-15-10/h6-7,9H,4-5H2,1-3H3,(H,13,14,15)/t7-,9+,12-/m0/s1. The van der Waals surface area contributed by atoms with E-state index in [9.17, 15) is 4.79 Å². The van der Waals surface area contributed by atoms with Gasteiger partial charge in [-0.2, -0.15) is 5.10 Å². The van der Waals surface area contributed by atoms with E-state index in [-0.39, 0.29) is 22.0 Å². The molecule has 0 aliphatic heterocycles. The highest BCUT2D eigenvalue weighted by Gasteiger charge is 2.66. The molecule has 1 N–H and O–H groups in total. The van der Waals surface area contributed by atoms with Gasteiger partial charge in [-0.05, 0) is 23.7 Å². The number of rotatable bonds is 2. The van der Waals surface area contributed by atoms with Crippen molar-refractivity contribution in [2.24, 2.45) is 16.7 Å². The van der Waals surface area contributed by atoms with Crippen molar-refractivity contribution >= 4 is 17.5 Å². The van der Waals surface area contributed by atoms with E-state index >= 15 is 0 Å². The van der Waals surface area contributed by atoms with E-state index < -0.39 is 0 Å². The highest BCUT2D eigenvalue weighted by Crippen LogP contribution is 2.66. The Morgan fingerprint density at radius 2 is 2.24 bits per heavy atom. The third-order valence-corrected chi connectivity index (χ3v) is 6.51. The molecule has 5 heteroatoms. The average Bonchev–Trinajstić information content (AvgIpc) is 2.86. The Balaban J connectivity index is 1.94. The Hall–Kier alpha value is -0.840. The number of Topliss-reactive ketones (excluding diaryl/α,β-unsaturated/α-hetero) is 1. The summed E-state index contributed by atoms with van der Waals surface area (Å²) in [6.45, 7) is 6.74. The third kappa shape index (κ3) is 1.29. The van der Waals surface area contributed by atoms with Crippen LogP contribution in [0, 0.1) is 16.7 Å². The van der Waals surface area contributed by atoms with Crippen molar-refractivity contribution in [2.75, 3.05) is 0 Å². The lowest BCUT2D eigenvalue weighted by Gasteiger charge is -2.37. The first kappa shape index (κ1) is 11.3. The van der Waals surface area contributed by atoms with E-state index in [1.54, 1.807) is 11.8 Å². The number of nitrogens with zero attached hydrogens (tertiary/aromatic N) is 2. The van der Waals surface area contributed by atoms with E-state index in [2.05, 4.69) is 36.0 Å². The predicted octanol–water partition coefficient (Wildman–Crippen LogP) is 2.29. The van der Waals surface area contributed by atoms with Crippen LogP contribution in [0.1, 0.15) is 33.6 Å². The summed E-state index contributed by atoms with van der Waals surface area (Å²) in [6.07, 6.45) is 3.69. The summed E-state index contributed by atoms with van der Waals surface area (Å²) in [4.78, 5) is 16.6. The second kappa shape index (κ2) is 3.34. The summed E-state index contributed by atoms with van der Waals surface area (Å²) in [6, 6.07) is 0. The Labute approximate surface area is 105 Å². The normalized spacial score (nSPS) is 38.9. The number of H-pyrrole nitrogens is 1. The molecule has 0 radical (unpaired) electrons. The zero-order valence-corrected chi connectivity index (χ0v) is 11.2. The zero-order valence-electron chi connectivity index (χ0n) is 10.4. The third-order valence-electron chi connectivity index (χ3n) is 5.10. The predicted molar refractivity (Wildman–Crippen MR) is 65.6 cm³/mol. The van der Waals surface area contributed by atoms with Gasteiger partial charge in [0.2, 0.25) is 0 Å². The first-order chi connectivity index (χ1) is 7.97. The van der Waals surface area contributed by atoms with Crippen LogP contribution in [-0.4, -0.2) is 26.2 Å². The van der Waals surface area contributed by atoms with Crippen LogP contribution in [-0.2, 0) is 4.79 Å². The summed E-state index contributed by atoms with van der Waals surface area (Å²) < 4.78 is 0. The van der Waals surface area contributed by atoms with Crippen LogP contribution in [0.5, 0.6) is 0 Å². The van der Waals surface area contributed by atoms with E-state index in [1.807, 2.05) is 0 Å². The molecule has 0 aromatic carbocycles. The molecule has 92 valence electrons. The molecule has 3 atom stereocenters. The number of hydrogen-bond donors (Lipinski definition) is 1. The lowest BCUT2D eigenvalue weighted by Crippen LogP contribution is -2.35. The molecule has 2 bridgehead atoms. The second-order valence-electron chi connectivity index (χ2n) is 5.92. The topological polar surface area (TPSA) is 58.6 Å². The molecular formula is C12H17N3OS. The molecule has 17 heavy (non-hydrogen) atoms. The second-order valence-corrected chi connectivity index (χ2v) is 7.02. The quantitative estimate of drug-likeness (QED) is 0.876. The van der Waals surface area contributed by atoms with E-state index in [4.69, 9.17) is 0 Å². The number of carbonyl (C=O) groups is 1. The van der Waals surface area contributed by atoms with Gasteiger partial charge in [0, 0.05) is 5.92 Å². The van der Waals surface area contributed by atoms with Crippen LogP contribution in [0.2, 0.25) is 0 Å². The summed E-state index contributed by atoms with van der Waals surface area (Å²) >= 11 is 1.55. The van der Waals surface area contributed by atoms with Crippen LogP contribution in [0.4, 0.5) is 0 Å². The first-order valence-corrected chi connectivity index (χ1v) is 6.90. The molecule has 0 unspecified atom stereocenters.